The molecule has 0 radical (unpaired) electrons. The number of carbonyl (C=O) groups is 2. The van der Waals surface area contributed by atoms with Crippen molar-refractivity contribution >= 4 is 23.5 Å². The molecule has 3 aromatic rings. The fourth-order valence-corrected chi connectivity index (χ4v) is 4.85. The first-order chi connectivity index (χ1) is 16.0. The number of ether oxygens (including phenoxy) is 1. The van der Waals surface area contributed by atoms with E-state index in [-0.39, 0.29) is 23.4 Å². The van der Waals surface area contributed by atoms with E-state index in [4.69, 9.17) is 4.74 Å². The number of carbonyl (C=O) groups excluding carboxylic acids is 2. The summed E-state index contributed by atoms with van der Waals surface area (Å²) in [4.78, 5) is 32.3. The molecule has 0 spiro atoms. The maximum absolute atomic E-state index is 13.2. The molecule has 0 unspecified atom stereocenters. The molecule has 1 fully saturated rings. The number of piperidine rings is 1. The van der Waals surface area contributed by atoms with Gasteiger partial charge in [0.1, 0.15) is 16.6 Å². The Balaban J connectivity index is 1.37. The number of benzene rings is 2. The third-order valence-electron chi connectivity index (χ3n) is 5.82. The van der Waals surface area contributed by atoms with E-state index in [9.17, 15) is 14.0 Å². The zero-order valence-corrected chi connectivity index (χ0v) is 19.2. The molecule has 1 aliphatic heterocycles. The predicted molar refractivity (Wildman–Crippen MR) is 126 cm³/mol. The Bertz CT molecular complexity index is 1110. The van der Waals surface area contributed by atoms with Crippen LogP contribution in [-0.2, 0) is 5.75 Å². The first kappa shape index (κ1) is 23.0. The second-order valence-electron chi connectivity index (χ2n) is 7.93. The number of hydrogen-bond acceptors (Lipinski definition) is 5. The standard InChI is InChI=1S/C26H25FN2O3S/c1-32-22-10-6-19(7-11-22)24(30)20-12-15-29(16-13-20)26(31)23-3-2-14-28-25(23)33-17-18-4-8-21(27)9-5-18/h2-11,14,20H,12-13,15-17H2,1H3. The summed E-state index contributed by atoms with van der Waals surface area (Å²) in [5, 5.41) is 0.656. The molecule has 0 aliphatic carbocycles. The maximum atomic E-state index is 13.2. The van der Waals surface area contributed by atoms with Crippen LogP contribution >= 0.6 is 11.8 Å². The van der Waals surface area contributed by atoms with Crippen molar-refractivity contribution < 1.29 is 18.7 Å². The SMILES string of the molecule is COc1ccc(C(=O)C2CCN(C(=O)c3cccnc3SCc3ccc(F)cc3)CC2)cc1. The number of rotatable bonds is 7. The minimum atomic E-state index is -0.272. The van der Waals surface area contributed by atoms with Crippen molar-refractivity contribution in [2.24, 2.45) is 5.92 Å². The second kappa shape index (κ2) is 10.6. The molecular formula is C26H25FN2O3S. The Morgan fingerprint density at radius 1 is 1.06 bits per heavy atom. The zero-order valence-electron chi connectivity index (χ0n) is 18.4. The third kappa shape index (κ3) is 5.60. The molecule has 4 rings (SSSR count). The minimum absolute atomic E-state index is 0.0694. The number of pyridine rings is 1. The Morgan fingerprint density at radius 3 is 2.42 bits per heavy atom. The molecule has 2 aromatic carbocycles. The van der Waals surface area contributed by atoms with E-state index >= 15 is 0 Å². The Kier molecular flexibility index (Phi) is 7.40. The summed E-state index contributed by atoms with van der Waals surface area (Å²) >= 11 is 1.46. The monoisotopic (exact) mass is 464 g/mol. The summed E-state index contributed by atoms with van der Waals surface area (Å²) in [5.74, 6) is 0.990. The summed E-state index contributed by atoms with van der Waals surface area (Å²) in [5.41, 5.74) is 2.19. The molecular weight excluding hydrogens is 439 g/mol. The van der Waals surface area contributed by atoms with Crippen molar-refractivity contribution in [2.75, 3.05) is 20.2 Å². The van der Waals surface area contributed by atoms with Crippen LogP contribution in [-0.4, -0.2) is 41.8 Å². The van der Waals surface area contributed by atoms with Gasteiger partial charge in [-0.15, -0.1) is 11.8 Å². The number of ketones is 1. The second-order valence-corrected chi connectivity index (χ2v) is 8.89. The fraction of sp³-hybridized carbons (Fsp3) is 0.269. The number of amides is 1. The van der Waals surface area contributed by atoms with Gasteiger partial charge in [-0.05, 0) is 66.9 Å². The van der Waals surface area contributed by atoms with Crippen LogP contribution in [0, 0.1) is 11.7 Å². The maximum Gasteiger partial charge on any atom is 0.256 e. The average molecular weight is 465 g/mol. The van der Waals surface area contributed by atoms with Gasteiger partial charge in [-0.2, -0.15) is 0 Å². The first-order valence-corrected chi connectivity index (χ1v) is 11.8. The van der Waals surface area contributed by atoms with Crippen LogP contribution in [0.15, 0.2) is 71.9 Å². The average Bonchev–Trinajstić information content (AvgIpc) is 2.88. The molecule has 0 saturated carbocycles. The number of methoxy groups -OCH3 is 1. The van der Waals surface area contributed by atoms with Gasteiger partial charge in [0.15, 0.2) is 5.78 Å². The largest absolute Gasteiger partial charge is 0.497 e. The Morgan fingerprint density at radius 2 is 1.76 bits per heavy atom. The molecule has 0 N–H and O–H groups in total. The fourth-order valence-electron chi connectivity index (χ4n) is 3.91. The summed E-state index contributed by atoms with van der Waals surface area (Å²) < 4.78 is 18.3. The van der Waals surface area contributed by atoms with Crippen LogP contribution in [0.3, 0.4) is 0 Å². The van der Waals surface area contributed by atoms with E-state index in [1.165, 1.54) is 23.9 Å². The molecule has 0 atom stereocenters. The van der Waals surface area contributed by atoms with Gasteiger partial charge in [0, 0.05) is 36.5 Å². The number of likely N-dealkylation sites (tertiary alicyclic amines) is 1. The van der Waals surface area contributed by atoms with Gasteiger partial charge in [-0.25, -0.2) is 9.37 Å². The summed E-state index contributed by atoms with van der Waals surface area (Å²) in [6.07, 6.45) is 2.94. The van der Waals surface area contributed by atoms with Crippen molar-refractivity contribution in [1.82, 2.24) is 9.88 Å². The Hall–Kier alpha value is -3.19. The van der Waals surface area contributed by atoms with Crippen LogP contribution in [0.5, 0.6) is 5.75 Å². The molecule has 170 valence electrons. The third-order valence-corrected chi connectivity index (χ3v) is 6.89. The highest BCUT2D eigenvalue weighted by atomic mass is 32.2. The molecule has 33 heavy (non-hydrogen) atoms. The molecule has 1 saturated heterocycles. The van der Waals surface area contributed by atoms with Gasteiger partial charge < -0.3 is 9.64 Å². The van der Waals surface area contributed by atoms with Crippen molar-refractivity contribution in [3.8, 4) is 5.75 Å². The molecule has 1 amide bonds. The molecule has 7 heteroatoms. The number of thioether (sulfide) groups is 1. The van der Waals surface area contributed by atoms with E-state index in [0.29, 0.717) is 47.8 Å². The number of nitrogens with zero attached hydrogens (tertiary/aromatic N) is 2. The van der Waals surface area contributed by atoms with E-state index in [0.717, 1.165) is 11.3 Å². The summed E-state index contributed by atoms with van der Waals surface area (Å²) in [6, 6.07) is 17.0. The molecule has 2 heterocycles. The highest BCUT2D eigenvalue weighted by molar-refractivity contribution is 7.98. The zero-order chi connectivity index (χ0) is 23.2. The van der Waals surface area contributed by atoms with Gasteiger partial charge in [0.05, 0.1) is 12.7 Å². The van der Waals surface area contributed by atoms with Crippen molar-refractivity contribution in [2.45, 2.75) is 23.6 Å². The number of Topliss-reactive ketones (excluding diaryl/α,β-unsaturated/α-hetero) is 1. The van der Waals surface area contributed by atoms with E-state index in [1.54, 1.807) is 66.7 Å². The minimum Gasteiger partial charge on any atom is -0.497 e. The number of halogens is 1. The molecule has 1 aromatic heterocycles. The normalized spacial score (nSPS) is 14.2. The van der Waals surface area contributed by atoms with Crippen molar-refractivity contribution in [3.05, 3.63) is 89.4 Å². The Labute approximate surface area is 197 Å². The lowest BCUT2D eigenvalue weighted by Crippen LogP contribution is -2.40. The van der Waals surface area contributed by atoms with Gasteiger partial charge in [-0.1, -0.05) is 12.1 Å². The van der Waals surface area contributed by atoms with Gasteiger partial charge >= 0.3 is 0 Å². The van der Waals surface area contributed by atoms with Crippen LogP contribution in [0.1, 0.15) is 39.1 Å². The van der Waals surface area contributed by atoms with E-state index in [2.05, 4.69) is 4.98 Å². The molecule has 1 aliphatic rings. The summed E-state index contributed by atoms with van der Waals surface area (Å²) in [6.45, 7) is 1.06. The lowest BCUT2D eigenvalue weighted by Gasteiger charge is -2.31. The summed E-state index contributed by atoms with van der Waals surface area (Å²) in [7, 11) is 1.60. The van der Waals surface area contributed by atoms with Crippen molar-refractivity contribution in [3.63, 3.8) is 0 Å². The van der Waals surface area contributed by atoms with Gasteiger partial charge in [0.25, 0.3) is 5.91 Å². The van der Waals surface area contributed by atoms with Crippen LogP contribution in [0.4, 0.5) is 4.39 Å². The van der Waals surface area contributed by atoms with Crippen LogP contribution < -0.4 is 4.74 Å². The molecule has 0 bridgehead atoms. The van der Waals surface area contributed by atoms with E-state index < -0.39 is 0 Å². The highest BCUT2D eigenvalue weighted by Gasteiger charge is 2.29. The van der Waals surface area contributed by atoms with Crippen molar-refractivity contribution in [1.29, 1.82) is 0 Å². The number of hydrogen-bond donors (Lipinski definition) is 0. The number of aromatic nitrogens is 1. The lowest BCUT2D eigenvalue weighted by atomic mass is 9.88. The van der Waals surface area contributed by atoms with Gasteiger partial charge in [0.2, 0.25) is 0 Å². The highest BCUT2D eigenvalue weighted by Crippen LogP contribution is 2.28. The van der Waals surface area contributed by atoms with Crippen LogP contribution in [0.2, 0.25) is 0 Å². The lowest BCUT2D eigenvalue weighted by molar-refractivity contribution is 0.0647. The smallest absolute Gasteiger partial charge is 0.256 e. The quantitative estimate of drug-likeness (QED) is 0.353. The molecule has 5 nitrogen and oxygen atoms in total. The van der Waals surface area contributed by atoms with Gasteiger partial charge in [-0.3, -0.25) is 9.59 Å². The van der Waals surface area contributed by atoms with E-state index in [1.807, 2.05) is 0 Å². The predicted octanol–water partition coefficient (Wildman–Crippen LogP) is 5.26. The topological polar surface area (TPSA) is 59.5 Å². The first-order valence-electron chi connectivity index (χ1n) is 10.8. The van der Waals surface area contributed by atoms with Crippen LogP contribution in [0.25, 0.3) is 0 Å².